The fraction of sp³-hybridized carbons (Fsp3) is 0.368. The van der Waals surface area contributed by atoms with Gasteiger partial charge in [0.05, 0.1) is 12.3 Å². The van der Waals surface area contributed by atoms with Crippen molar-refractivity contribution in [3.63, 3.8) is 0 Å². The second kappa shape index (κ2) is 7.52. The molecule has 8 nitrogen and oxygen atoms in total. The van der Waals surface area contributed by atoms with Gasteiger partial charge in [0.25, 0.3) is 10.0 Å². The summed E-state index contributed by atoms with van der Waals surface area (Å²) in [6.45, 7) is 5.11. The highest BCUT2D eigenvalue weighted by Gasteiger charge is 2.51. The van der Waals surface area contributed by atoms with Crippen molar-refractivity contribution in [3.8, 4) is 0 Å². The topological polar surface area (TPSA) is 110 Å². The summed E-state index contributed by atoms with van der Waals surface area (Å²) in [6, 6.07) is 8.97. The summed E-state index contributed by atoms with van der Waals surface area (Å²) >= 11 is 0.963. The quantitative estimate of drug-likeness (QED) is 0.561. The molecule has 2 N–H and O–H groups in total. The number of nitrogens with one attached hydrogen (secondary N) is 1. The first-order valence-electron chi connectivity index (χ1n) is 8.80. The van der Waals surface area contributed by atoms with Crippen LogP contribution in [-0.2, 0) is 31.6 Å². The van der Waals surface area contributed by atoms with E-state index in [4.69, 9.17) is 4.74 Å². The van der Waals surface area contributed by atoms with E-state index in [0.29, 0.717) is 22.8 Å². The zero-order valence-corrected chi connectivity index (χ0v) is 18.2. The highest BCUT2D eigenvalue weighted by molar-refractivity contribution is 7.91. The van der Waals surface area contributed by atoms with E-state index >= 15 is 0 Å². The van der Waals surface area contributed by atoms with Gasteiger partial charge in [0, 0.05) is 24.9 Å². The van der Waals surface area contributed by atoms with Gasteiger partial charge in [0.1, 0.15) is 5.54 Å². The average molecular weight is 438 g/mol. The van der Waals surface area contributed by atoms with Crippen molar-refractivity contribution < 1.29 is 23.1 Å². The first kappa shape index (κ1) is 21.4. The lowest BCUT2D eigenvalue weighted by Crippen LogP contribution is -2.62. The predicted octanol–water partition coefficient (Wildman–Crippen LogP) is 2.64. The molecule has 0 aliphatic heterocycles. The highest BCUT2D eigenvalue weighted by Crippen LogP contribution is 2.37. The minimum Gasteiger partial charge on any atom is -0.480 e. The van der Waals surface area contributed by atoms with E-state index in [2.05, 4.69) is 9.71 Å². The number of hydrogen-bond donors (Lipinski definition) is 2. The fourth-order valence-electron chi connectivity index (χ4n) is 3.07. The number of carbonyl (C=O) groups is 1. The van der Waals surface area contributed by atoms with E-state index < -0.39 is 26.9 Å². The summed E-state index contributed by atoms with van der Waals surface area (Å²) in [5.74, 6) is -1.27. The SMILES string of the molecule is COCc1cn2cc(S(=O)(=O)N[C@](C)(C(=O)O)C(C)(C)c3ccccc3)sc2n1. The number of carboxylic acid groups (broad SMARTS) is 1. The van der Waals surface area contributed by atoms with Crippen molar-refractivity contribution >= 4 is 32.3 Å². The number of rotatable bonds is 8. The van der Waals surface area contributed by atoms with Gasteiger partial charge in [-0.2, -0.15) is 4.72 Å². The van der Waals surface area contributed by atoms with E-state index in [9.17, 15) is 18.3 Å². The summed E-state index contributed by atoms with van der Waals surface area (Å²) in [7, 11) is -2.57. The number of aliphatic carboxylic acids is 1. The summed E-state index contributed by atoms with van der Waals surface area (Å²) in [5.41, 5.74) is -1.44. The second-order valence-corrected chi connectivity index (χ2v) is 10.4. The predicted molar refractivity (Wildman–Crippen MR) is 110 cm³/mol. The number of thiazole rings is 1. The molecule has 0 bridgehead atoms. The van der Waals surface area contributed by atoms with Crippen LogP contribution in [0.15, 0.2) is 46.9 Å². The molecule has 2 aromatic heterocycles. The molecule has 0 radical (unpaired) electrons. The van der Waals surface area contributed by atoms with Crippen molar-refractivity contribution in [1.29, 1.82) is 0 Å². The van der Waals surface area contributed by atoms with Crippen LogP contribution in [0.25, 0.3) is 4.96 Å². The number of carboxylic acids is 1. The molecule has 1 atom stereocenters. The van der Waals surface area contributed by atoms with Crippen LogP contribution in [0.4, 0.5) is 0 Å². The summed E-state index contributed by atoms with van der Waals surface area (Å²) < 4.78 is 35.2. The largest absolute Gasteiger partial charge is 0.480 e. The molecule has 10 heteroatoms. The maximum atomic E-state index is 13.1. The number of ether oxygens (including phenoxy) is 1. The molecule has 0 saturated carbocycles. The number of sulfonamides is 1. The third-order valence-corrected chi connectivity index (χ3v) is 8.27. The van der Waals surface area contributed by atoms with Gasteiger partial charge >= 0.3 is 5.97 Å². The Bertz CT molecular complexity index is 1100. The van der Waals surface area contributed by atoms with Crippen LogP contribution in [0.5, 0.6) is 0 Å². The molecule has 0 unspecified atom stereocenters. The lowest BCUT2D eigenvalue weighted by atomic mass is 9.69. The standard InChI is InChI=1S/C19H23N3O5S2/c1-18(2,13-8-6-5-7-9-13)19(3,16(23)24)21-29(25,26)15-11-22-10-14(12-27-4)20-17(22)28-15/h5-11,21H,12H2,1-4H3,(H,23,24)/t19-/m1/s1. The van der Waals surface area contributed by atoms with Crippen molar-refractivity contribution in [2.75, 3.05) is 7.11 Å². The van der Waals surface area contributed by atoms with Crippen molar-refractivity contribution in [2.45, 2.75) is 42.5 Å². The molecule has 156 valence electrons. The van der Waals surface area contributed by atoms with Gasteiger partial charge in [0.2, 0.25) is 0 Å². The third-order valence-electron chi connectivity index (χ3n) is 5.25. The monoisotopic (exact) mass is 437 g/mol. The van der Waals surface area contributed by atoms with Crippen LogP contribution in [0.1, 0.15) is 32.0 Å². The minimum absolute atomic E-state index is 0.0136. The third kappa shape index (κ3) is 3.80. The molecule has 0 saturated heterocycles. The van der Waals surface area contributed by atoms with Crippen LogP contribution in [0.2, 0.25) is 0 Å². The summed E-state index contributed by atoms with van der Waals surface area (Å²) in [5, 5.41) is 9.98. The zero-order chi connectivity index (χ0) is 21.4. The molecule has 3 rings (SSSR count). The maximum absolute atomic E-state index is 13.1. The van der Waals surface area contributed by atoms with E-state index in [1.807, 2.05) is 6.07 Å². The lowest BCUT2D eigenvalue weighted by Gasteiger charge is -2.41. The van der Waals surface area contributed by atoms with Gasteiger partial charge in [-0.05, 0) is 12.5 Å². The first-order valence-corrected chi connectivity index (χ1v) is 11.1. The number of imidazole rings is 1. The Morgan fingerprint density at radius 3 is 2.45 bits per heavy atom. The van der Waals surface area contributed by atoms with Gasteiger partial charge in [-0.1, -0.05) is 55.5 Å². The van der Waals surface area contributed by atoms with Gasteiger partial charge in [-0.15, -0.1) is 0 Å². The average Bonchev–Trinajstić information content (AvgIpc) is 3.21. The maximum Gasteiger partial charge on any atom is 0.325 e. The number of nitrogens with zero attached hydrogens (tertiary/aromatic N) is 2. The Morgan fingerprint density at radius 2 is 1.90 bits per heavy atom. The lowest BCUT2D eigenvalue weighted by molar-refractivity contribution is -0.146. The van der Waals surface area contributed by atoms with E-state index in [1.54, 1.807) is 55.8 Å². The van der Waals surface area contributed by atoms with Crippen molar-refractivity contribution in [3.05, 3.63) is 54.0 Å². The molecule has 0 aliphatic rings. The van der Waals surface area contributed by atoms with Crippen LogP contribution in [0, 0.1) is 0 Å². The minimum atomic E-state index is -4.12. The van der Waals surface area contributed by atoms with Gasteiger partial charge in [-0.25, -0.2) is 13.4 Å². The molecule has 0 aliphatic carbocycles. The Hall–Kier alpha value is -2.27. The first-order chi connectivity index (χ1) is 13.5. The molecular weight excluding hydrogens is 414 g/mol. The molecule has 3 aromatic rings. The fourth-order valence-corrected chi connectivity index (χ4v) is 5.81. The number of fused-ring (bicyclic) bond motifs is 1. The number of benzene rings is 1. The molecule has 0 amide bonds. The molecule has 2 heterocycles. The molecule has 29 heavy (non-hydrogen) atoms. The Morgan fingerprint density at radius 1 is 1.24 bits per heavy atom. The van der Waals surface area contributed by atoms with Gasteiger partial charge in [0.15, 0.2) is 9.17 Å². The summed E-state index contributed by atoms with van der Waals surface area (Å²) in [6.07, 6.45) is 3.10. The molecule has 0 fully saturated rings. The number of aromatic nitrogens is 2. The van der Waals surface area contributed by atoms with E-state index in [-0.39, 0.29) is 4.21 Å². The van der Waals surface area contributed by atoms with Crippen molar-refractivity contribution in [1.82, 2.24) is 14.1 Å². The van der Waals surface area contributed by atoms with Gasteiger partial charge < -0.3 is 9.84 Å². The molecular formula is C19H23N3O5S2. The number of methoxy groups -OCH3 is 1. The Labute approximate surface area is 173 Å². The van der Waals surface area contributed by atoms with Crippen molar-refractivity contribution in [2.24, 2.45) is 0 Å². The highest BCUT2D eigenvalue weighted by atomic mass is 32.2. The molecule has 0 spiro atoms. The Kier molecular flexibility index (Phi) is 5.56. The van der Waals surface area contributed by atoms with Crippen LogP contribution in [0.3, 0.4) is 0 Å². The van der Waals surface area contributed by atoms with E-state index in [0.717, 1.165) is 11.3 Å². The van der Waals surface area contributed by atoms with Gasteiger partial charge in [-0.3, -0.25) is 9.20 Å². The van der Waals surface area contributed by atoms with E-state index in [1.165, 1.54) is 13.1 Å². The number of hydrogen-bond acceptors (Lipinski definition) is 6. The van der Waals surface area contributed by atoms with Crippen LogP contribution < -0.4 is 4.72 Å². The normalized spacial score (nSPS) is 14.8. The summed E-state index contributed by atoms with van der Waals surface area (Å²) in [4.78, 5) is 17.0. The molecule has 1 aromatic carbocycles. The Balaban J connectivity index is 1.99. The smallest absolute Gasteiger partial charge is 0.325 e. The van der Waals surface area contributed by atoms with Crippen LogP contribution >= 0.6 is 11.3 Å². The second-order valence-electron chi connectivity index (χ2n) is 7.43. The zero-order valence-electron chi connectivity index (χ0n) is 16.5. The van der Waals surface area contributed by atoms with Crippen LogP contribution in [-0.4, -0.2) is 41.5 Å².